The van der Waals surface area contributed by atoms with Crippen molar-refractivity contribution in [1.29, 1.82) is 5.26 Å². The fraction of sp³-hybridized carbons (Fsp3) is 0.500. The summed E-state index contributed by atoms with van der Waals surface area (Å²) < 4.78 is 13.2. The van der Waals surface area contributed by atoms with Gasteiger partial charge in [-0.25, -0.2) is 4.39 Å². The molecule has 0 unspecified atom stereocenters. The van der Waals surface area contributed by atoms with Gasteiger partial charge in [0.25, 0.3) is 0 Å². The van der Waals surface area contributed by atoms with Gasteiger partial charge in [0.15, 0.2) is 0 Å². The summed E-state index contributed by atoms with van der Waals surface area (Å²) in [6.45, 7) is 5.08. The molecule has 0 aliphatic carbocycles. The van der Waals surface area contributed by atoms with Crippen LogP contribution in [0, 0.1) is 17.1 Å². The van der Waals surface area contributed by atoms with Crippen LogP contribution in [0.4, 0.5) is 4.39 Å². The molecule has 0 spiro atoms. The van der Waals surface area contributed by atoms with Crippen molar-refractivity contribution in [3.63, 3.8) is 0 Å². The van der Waals surface area contributed by atoms with Crippen LogP contribution in [0.1, 0.15) is 37.8 Å². The summed E-state index contributed by atoms with van der Waals surface area (Å²) >= 11 is 0. The van der Waals surface area contributed by atoms with Gasteiger partial charge >= 0.3 is 0 Å². The van der Waals surface area contributed by atoms with Crippen LogP contribution in [0.2, 0.25) is 0 Å². The lowest BCUT2D eigenvalue weighted by molar-refractivity contribution is 0.221. The molecule has 0 fully saturated rings. The molecule has 0 aromatic heterocycles. The zero-order valence-corrected chi connectivity index (χ0v) is 10.7. The van der Waals surface area contributed by atoms with E-state index in [1.807, 2.05) is 6.07 Å². The summed E-state index contributed by atoms with van der Waals surface area (Å²) in [6.07, 6.45) is 2.19. The smallest absolute Gasteiger partial charge is 0.140 e. The second kappa shape index (κ2) is 6.36. The van der Waals surface area contributed by atoms with E-state index in [2.05, 4.69) is 25.8 Å². The minimum atomic E-state index is -0.443. The molecule has 92 valence electrons. The van der Waals surface area contributed by atoms with Crippen molar-refractivity contribution < 1.29 is 4.39 Å². The standard InChI is InChI=1S/C14H19FN2/c1-4-13(5-2)17(3)10-11-6-7-14(15)12(8-11)9-16/h6-8,13H,4-5,10H2,1-3H3. The van der Waals surface area contributed by atoms with Crippen LogP contribution in [0.5, 0.6) is 0 Å². The summed E-state index contributed by atoms with van der Waals surface area (Å²) in [5.41, 5.74) is 1.11. The Morgan fingerprint density at radius 1 is 1.35 bits per heavy atom. The molecule has 0 aliphatic heterocycles. The van der Waals surface area contributed by atoms with Crippen molar-refractivity contribution in [2.75, 3.05) is 7.05 Å². The molecule has 1 aromatic carbocycles. The van der Waals surface area contributed by atoms with Gasteiger partial charge in [-0.15, -0.1) is 0 Å². The minimum absolute atomic E-state index is 0.125. The van der Waals surface area contributed by atoms with Gasteiger partial charge in [0.05, 0.1) is 5.56 Å². The monoisotopic (exact) mass is 234 g/mol. The highest BCUT2D eigenvalue weighted by Crippen LogP contribution is 2.14. The quantitative estimate of drug-likeness (QED) is 0.781. The Morgan fingerprint density at radius 3 is 2.53 bits per heavy atom. The Kier molecular flexibility index (Phi) is 5.11. The maximum atomic E-state index is 13.2. The number of nitrogens with zero attached hydrogens (tertiary/aromatic N) is 2. The Balaban J connectivity index is 2.78. The molecule has 17 heavy (non-hydrogen) atoms. The van der Waals surface area contributed by atoms with Crippen molar-refractivity contribution >= 4 is 0 Å². The largest absolute Gasteiger partial charge is 0.299 e. The first-order chi connectivity index (χ1) is 8.12. The molecule has 0 amide bonds. The number of halogens is 1. The molecule has 0 aliphatic rings. The highest BCUT2D eigenvalue weighted by atomic mass is 19.1. The van der Waals surface area contributed by atoms with Gasteiger partial charge in [-0.1, -0.05) is 19.9 Å². The predicted octanol–water partition coefficient (Wildman–Crippen LogP) is 3.32. The number of hydrogen-bond donors (Lipinski definition) is 0. The number of hydrogen-bond acceptors (Lipinski definition) is 2. The van der Waals surface area contributed by atoms with Crippen LogP contribution >= 0.6 is 0 Å². The number of rotatable bonds is 5. The lowest BCUT2D eigenvalue weighted by Crippen LogP contribution is -2.30. The van der Waals surface area contributed by atoms with E-state index in [4.69, 9.17) is 5.26 Å². The van der Waals surface area contributed by atoms with E-state index in [-0.39, 0.29) is 5.56 Å². The molecule has 3 heteroatoms. The maximum Gasteiger partial charge on any atom is 0.140 e. The fourth-order valence-corrected chi connectivity index (χ4v) is 2.09. The average Bonchev–Trinajstić information content (AvgIpc) is 2.33. The Bertz CT molecular complexity index is 405. The van der Waals surface area contributed by atoms with Crippen molar-refractivity contribution in [3.05, 3.63) is 35.1 Å². The third-order valence-corrected chi connectivity index (χ3v) is 3.15. The van der Waals surface area contributed by atoms with E-state index in [1.54, 1.807) is 12.1 Å². The molecule has 0 saturated carbocycles. The molecule has 0 saturated heterocycles. The Hall–Kier alpha value is -1.40. The van der Waals surface area contributed by atoms with Gasteiger partial charge < -0.3 is 0 Å². The molecule has 1 aromatic rings. The summed E-state index contributed by atoms with van der Waals surface area (Å²) in [4.78, 5) is 2.24. The Morgan fingerprint density at radius 2 is 2.00 bits per heavy atom. The highest BCUT2D eigenvalue weighted by Gasteiger charge is 2.11. The van der Waals surface area contributed by atoms with E-state index in [0.717, 1.165) is 24.9 Å². The highest BCUT2D eigenvalue weighted by molar-refractivity contribution is 5.34. The van der Waals surface area contributed by atoms with Crippen molar-refractivity contribution in [2.24, 2.45) is 0 Å². The molecule has 0 heterocycles. The molecule has 0 N–H and O–H groups in total. The molecule has 0 atom stereocenters. The number of benzene rings is 1. The van der Waals surface area contributed by atoms with Gasteiger partial charge in [0, 0.05) is 12.6 Å². The first-order valence-corrected chi connectivity index (χ1v) is 6.01. The van der Waals surface area contributed by atoms with E-state index in [1.165, 1.54) is 6.07 Å². The van der Waals surface area contributed by atoms with Gasteiger partial charge in [-0.3, -0.25) is 4.90 Å². The average molecular weight is 234 g/mol. The van der Waals surface area contributed by atoms with Crippen LogP contribution in [0.3, 0.4) is 0 Å². The van der Waals surface area contributed by atoms with Gasteiger partial charge in [0.2, 0.25) is 0 Å². The molecule has 1 rings (SSSR count). The second-order valence-corrected chi connectivity index (χ2v) is 4.31. The summed E-state index contributed by atoms with van der Waals surface area (Å²) in [7, 11) is 2.06. The van der Waals surface area contributed by atoms with Crippen LogP contribution < -0.4 is 0 Å². The third-order valence-electron chi connectivity index (χ3n) is 3.15. The van der Waals surface area contributed by atoms with Gasteiger partial charge in [-0.2, -0.15) is 5.26 Å². The molecular formula is C14H19FN2. The lowest BCUT2D eigenvalue weighted by atomic mass is 10.1. The predicted molar refractivity (Wildman–Crippen MR) is 67.0 cm³/mol. The van der Waals surface area contributed by atoms with Crippen LogP contribution in [-0.4, -0.2) is 18.0 Å². The van der Waals surface area contributed by atoms with Crippen LogP contribution in [0.15, 0.2) is 18.2 Å². The molecule has 2 nitrogen and oxygen atoms in total. The second-order valence-electron chi connectivity index (χ2n) is 4.31. The number of nitriles is 1. The molecule has 0 radical (unpaired) electrons. The fourth-order valence-electron chi connectivity index (χ4n) is 2.09. The van der Waals surface area contributed by atoms with Gasteiger partial charge in [0.1, 0.15) is 11.9 Å². The molecule has 0 bridgehead atoms. The van der Waals surface area contributed by atoms with E-state index in [9.17, 15) is 4.39 Å². The van der Waals surface area contributed by atoms with Crippen molar-refractivity contribution in [1.82, 2.24) is 4.90 Å². The summed E-state index contributed by atoms with van der Waals surface area (Å²) in [6, 6.07) is 7.15. The summed E-state index contributed by atoms with van der Waals surface area (Å²) in [5.74, 6) is -0.443. The minimum Gasteiger partial charge on any atom is -0.299 e. The zero-order valence-electron chi connectivity index (χ0n) is 10.7. The normalized spacial score (nSPS) is 10.9. The summed E-state index contributed by atoms with van der Waals surface area (Å²) in [5, 5.41) is 8.77. The third kappa shape index (κ3) is 3.54. The zero-order chi connectivity index (χ0) is 12.8. The van der Waals surface area contributed by atoms with Crippen molar-refractivity contribution in [3.8, 4) is 6.07 Å². The van der Waals surface area contributed by atoms with E-state index < -0.39 is 5.82 Å². The molecular weight excluding hydrogens is 215 g/mol. The topological polar surface area (TPSA) is 27.0 Å². The maximum absolute atomic E-state index is 13.2. The SMILES string of the molecule is CCC(CC)N(C)Cc1ccc(F)c(C#N)c1. The van der Waals surface area contributed by atoms with Gasteiger partial charge in [-0.05, 0) is 37.6 Å². The first-order valence-electron chi connectivity index (χ1n) is 6.01. The van der Waals surface area contributed by atoms with E-state index >= 15 is 0 Å². The Labute approximate surface area is 103 Å². The van der Waals surface area contributed by atoms with Crippen LogP contribution in [-0.2, 0) is 6.54 Å². The van der Waals surface area contributed by atoms with Crippen molar-refractivity contribution in [2.45, 2.75) is 39.3 Å². The lowest BCUT2D eigenvalue weighted by Gasteiger charge is -2.26. The first kappa shape index (κ1) is 13.7. The van der Waals surface area contributed by atoms with E-state index in [0.29, 0.717) is 6.04 Å². The van der Waals surface area contributed by atoms with Crippen LogP contribution in [0.25, 0.3) is 0 Å².